The van der Waals surface area contributed by atoms with Crippen molar-refractivity contribution in [3.63, 3.8) is 0 Å². The van der Waals surface area contributed by atoms with Gasteiger partial charge in [0.05, 0.1) is 11.5 Å². The Morgan fingerprint density at radius 2 is 1.62 bits per heavy atom. The number of benzene rings is 3. The van der Waals surface area contributed by atoms with Gasteiger partial charge in [0.15, 0.2) is 6.61 Å². The van der Waals surface area contributed by atoms with Crippen molar-refractivity contribution in [1.29, 1.82) is 0 Å². The van der Waals surface area contributed by atoms with Gasteiger partial charge < -0.3 is 15.4 Å². The van der Waals surface area contributed by atoms with Gasteiger partial charge in [-0.1, -0.05) is 48.5 Å². The Kier molecular flexibility index (Phi) is 5.16. The number of ether oxygens (including phenoxy) is 1. The molecule has 0 unspecified atom stereocenters. The second kappa shape index (κ2) is 7.91. The van der Waals surface area contributed by atoms with Crippen LogP contribution in [0.2, 0.25) is 0 Å². The number of carbonyl (C=O) groups excluding carboxylic acids is 3. The summed E-state index contributed by atoms with van der Waals surface area (Å²) in [5.41, 5.74) is 5.83. The molecule has 3 aromatic carbocycles. The maximum absolute atomic E-state index is 13.0. The molecule has 0 aliphatic carbocycles. The molecule has 0 radical (unpaired) electrons. The van der Waals surface area contributed by atoms with E-state index >= 15 is 0 Å². The van der Waals surface area contributed by atoms with Crippen molar-refractivity contribution in [2.24, 2.45) is 11.7 Å². The highest BCUT2D eigenvalue weighted by Crippen LogP contribution is 2.29. The number of hydrogen-bond donors (Lipinski definition) is 1. The lowest BCUT2D eigenvalue weighted by molar-refractivity contribution is -0.137. The number of primary amides is 1. The highest BCUT2D eigenvalue weighted by molar-refractivity contribution is 6.16. The van der Waals surface area contributed by atoms with Crippen LogP contribution >= 0.6 is 0 Å². The molecule has 1 fully saturated rings. The molecule has 1 heterocycles. The Balaban J connectivity index is 1.56. The van der Waals surface area contributed by atoms with Crippen molar-refractivity contribution in [1.82, 2.24) is 4.90 Å². The molecule has 0 aromatic heterocycles. The molecule has 0 spiro atoms. The van der Waals surface area contributed by atoms with Crippen LogP contribution in [0.25, 0.3) is 21.5 Å². The molecule has 1 saturated heterocycles. The van der Waals surface area contributed by atoms with Crippen molar-refractivity contribution in [2.45, 2.75) is 12.8 Å². The van der Waals surface area contributed by atoms with Crippen molar-refractivity contribution < 1.29 is 19.1 Å². The molecule has 1 aliphatic heterocycles. The first-order valence-corrected chi connectivity index (χ1v) is 9.69. The Bertz CT molecular complexity index is 1050. The van der Waals surface area contributed by atoms with Gasteiger partial charge in [0.2, 0.25) is 5.91 Å². The summed E-state index contributed by atoms with van der Waals surface area (Å²) in [7, 11) is 0. The Morgan fingerprint density at radius 1 is 1.00 bits per heavy atom. The predicted molar refractivity (Wildman–Crippen MR) is 110 cm³/mol. The summed E-state index contributed by atoms with van der Waals surface area (Å²) in [6.07, 6.45) is 1.39. The summed E-state index contributed by atoms with van der Waals surface area (Å²) in [5, 5.41) is 3.44. The van der Waals surface area contributed by atoms with Crippen molar-refractivity contribution in [2.75, 3.05) is 19.7 Å². The molecule has 0 bridgehead atoms. The predicted octanol–water partition coefficient (Wildman–Crippen LogP) is 2.87. The van der Waals surface area contributed by atoms with Crippen molar-refractivity contribution in [3.05, 3.63) is 60.2 Å². The number of fused-ring (bicyclic) bond motifs is 2. The fourth-order valence-electron chi connectivity index (χ4n) is 3.96. The van der Waals surface area contributed by atoms with Gasteiger partial charge in [-0.15, -0.1) is 0 Å². The average molecular weight is 390 g/mol. The van der Waals surface area contributed by atoms with Crippen LogP contribution in [0.1, 0.15) is 23.2 Å². The Morgan fingerprint density at radius 3 is 2.24 bits per heavy atom. The van der Waals surface area contributed by atoms with Gasteiger partial charge in [-0.3, -0.25) is 9.59 Å². The van der Waals surface area contributed by atoms with Crippen LogP contribution in [0.5, 0.6) is 0 Å². The largest absolute Gasteiger partial charge is 0.452 e. The van der Waals surface area contributed by atoms with E-state index in [1.165, 1.54) is 0 Å². The molecule has 4 rings (SSSR count). The number of hydrogen-bond acceptors (Lipinski definition) is 4. The summed E-state index contributed by atoms with van der Waals surface area (Å²) in [5.74, 6) is -1.59. The molecule has 0 saturated carbocycles. The first-order chi connectivity index (χ1) is 14.0. The third-order valence-electron chi connectivity index (χ3n) is 5.48. The molecular weight excluding hydrogens is 368 g/mol. The number of amides is 2. The number of nitrogens with two attached hydrogens (primary N) is 1. The van der Waals surface area contributed by atoms with Crippen molar-refractivity contribution >= 4 is 39.3 Å². The highest BCUT2D eigenvalue weighted by atomic mass is 16.5. The molecule has 6 heteroatoms. The van der Waals surface area contributed by atoms with E-state index in [0.29, 0.717) is 24.9 Å². The first-order valence-electron chi connectivity index (χ1n) is 9.69. The lowest BCUT2D eigenvalue weighted by Gasteiger charge is -2.31. The second-order valence-electron chi connectivity index (χ2n) is 7.35. The van der Waals surface area contributed by atoms with Gasteiger partial charge in [0.25, 0.3) is 5.91 Å². The van der Waals surface area contributed by atoms with E-state index in [1.54, 1.807) is 4.90 Å². The van der Waals surface area contributed by atoms with E-state index in [1.807, 2.05) is 54.6 Å². The van der Waals surface area contributed by atoms with Crippen LogP contribution in [-0.2, 0) is 14.3 Å². The number of rotatable bonds is 4. The molecule has 2 N–H and O–H groups in total. The number of piperidine rings is 1. The van der Waals surface area contributed by atoms with Crippen LogP contribution < -0.4 is 5.73 Å². The summed E-state index contributed by atoms with van der Waals surface area (Å²) < 4.78 is 5.41. The minimum absolute atomic E-state index is 0.281. The molecule has 148 valence electrons. The van der Waals surface area contributed by atoms with E-state index in [2.05, 4.69) is 0 Å². The average Bonchev–Trinajstić information content (AvgIpc) is 2.75. The maximum Gasteiger partial charge on any atom is 0.339 e. The number of esters is 1. The van der Waals surface area contributed by atoms with E-state index < -0.39 is 11.9 Å². The summed E-state index contributed by atoms with van der Waals surface area (Å²) in [6, 6.07) is 17.3. The van der Waals surface area contributed by atoms with Crippen molar-refractivity contribution in [3.8, 4) is 0 Å². The van der Waals surface area contributed by atoms with Gasteiger partial charge in [0, 0.05) is 13.1 Å². The van der Waals surface area contributed by atoms with Crippen LogP contribution in [-0.4, -0.2) is 42.4 Å². The minimum atomic E-state index is -0.533. The molecule has 1 aliphatic rings. The summed E-state index contributed by atoms with van der Waals surface area (Å²) in [6.45, 7) is 0.460. The molecule has 1 atom stereocenters. The molecular formula is C23H22N2O4. The van der Waals surface area contributed by atoms with E-state index in [9.17, 15) is 14.4 Å². The zero-order chi connectivity index (χ0) is 20.4. The fraction of sp³-hybridized carbons (Fsp3) is 0.261. The Hall–Kier alpha value is -3.41. The lowest BCUT2D eigenvalue weighted by Crippen LogP contribution is -2.45. The highest BCUT2D eigenvalue weighted by Gasteiger charge is 2.27. The monoisotopic (exact) mass is 390 g/mol. The van der Waals surface area contributed by atoms with Crippen LogP contribution in [0, 0.1) is 5.92 Å². The topological polar surface area (TPSA) is 89.7 Å². The fourth-order valence-corrected chi connectivity index (χ4v) is 3.96. The SMILES string of the molecule is NC(=O)[C@H]1CCCN(C(=O)COC(=O)c2c3ccccc3cc3ccccc23)C1. The van der Waals surface area contributed by atoms with Crippen LogP contribution in [0.3, 0.4) is 0 Å². The zero-order valence-corrected chi connectivity index (χ0v) is 16.0. The number of carbonyl (C=O) groups is 3. The number of likely N-dealkylation sites (tertiary alicyclic amines) is 1. The standard InChI is InChI=1S/C23H22N2O4/c24-22(27)17-8-5-11-25(13-17)20(26)14-29-23(28)21-18-9-3-1-6-15(18)12-16-7-2-4-10-19(16)21/h1-4,6-7,9-10,12,17H,5,8,11,13-14H2,(H2,24,27)/t17-/m0/s1. The normalized spacial score (nSPS) is 16.7. The van der Waals surface area contributed by atoms with E-state index in [4.69, 9.17) is 10.5 Å². The first kappa shape index (κ1) is 18.9. The molecule has 29 heavy (non-hydrogen) atoms. The Labute approximate surface area is 168 Å². The summed E-state index contributed by atoms with van der Waals surface area (Å²) in [4.78, 5) is 38.5. The smallest absolute Gasteiger partial charge is 0.339 e. The van der Waals surface area contributed by atoms with E-state index in [-0.39, 0.29) is 25.0 Å². The maximum atomic E-state index is 13.0. The quantitative estimate of drug-likeness (QED) is 0.548. The molecule has 3 aromatic rings. The van der Waals surface area contributed by atoms with Crippen LogP contribution in [0.15, 0.2) is 54.6 Å². The molecule has 6 nitrogen and oxygen atoms in total. The third kappa shape index (κ3) is 3.78. The van der Waals surface area contributed by atoms with Gasteiger partial charge >= 0.3 is 5.97 Å². The zero-order valence-electron chi connectivity index (χ0n) is 16.0. The van der Waals surface area contributed by atoms with Crippen LogP contribution in [0.4, 0.5) is 0 Å². The second-order valence-corrected chi connectivity index (χ2v) is 7.35. The van der Waals surface area contributed by atoms with Gasteiger partial charge in [0.1, 0.15) is 0 Å². The summed E-state index contributed by atoms with van der Waals surface area (Å²) >= 11 is 0. The third-order valence-corrected chi connectivity index (χ3v) is 5.48. The van der Waals surface area contributed by atoms with Gasteiger partial charge in [-0.25, -0.2) is 4.79 Å². The van der Waals surface area contributed by atoms with Gasteiger partial charge in [-0.2, -0.15) is 0 Å². The number of nitrogens with zero attached hydrogens (tertiary/aromatic N) is 1. The lowest BCUT2D eigenvalue weighted by atomic mass is 9.97. The molecule has 2 amide bonds. The van der Waals surface area contributed by atoms with Gasteiger partial charge in [-0.05, 0) is 40.5 Å². The van der Waals surface area contributed by atoms with E-state index in [0.717, 1.165) is 21.5 Å². The minimum Gasteiger partial charge on any atom is -0.452 e.